The monoisotopic (exact) mass is 287 g/mol. The highest BCUT2D eigenvalue weighted by Crippen LogP contribution is 2.40. The van der Waals surface area contributed by atoms with Crippen LogP contribution in [0.2, 0.25) is 0 Å². The SMILES string of the molecule is CCN(C)C[C@@H]1OC[C@H](c2ccccc2)c2ccsc21. The second-order valence-electron chi connectivity index (χ2n) is 5.38. The highest BCUT2D eigenvalue weighted by molar-refractivity contribution is 7.10. The molecule has 0 bridgehead atoms. The summed E-state index contributed by atoms with van der Waals surface area (Å²) in [6.07, 6.45) is 0.231. The molecule has 2 nitrogen and oxygen atoms in total. The van der Waals surface area contributed by atoms with Crippen molar-refractivity contribution in [3.8, 4) is 0 Å². The lowest BCUT2D eigenvalue weighted by Gasteiger charge is -2.31. The third-order valence-electron chi connectivity index (χ3n) is 4.08. The van der Waals surface area contributed by atoms with Crippen LogP contribution in [0, 0.1) is 0 Å². The van der Waals surface area contributed by atoms with E-state index >= 15 is 0 Å². The molecule has 1 aromatic heterocycles. The van der Waals surface area contributed by atoms with Gasteiger partial charge in [0.15, 0.2) is 0 Å². The second-order valence-corrected chi connectivity index (χ2v) is 6.33. The van der Waals surface area contributed by atoms with Gasteiger partial charge >= 0.3 is 0 Å². The van der Waals surface area contributed by atoms with Crippen LogP contribution < -0.4 is 0 Å². The molecule has 2 atom stereocenters. The highest BCUT2D eigenvalue weighted by Gasteiger charge is 2.30. The minimum atomic E-state index is 0.231. The maximum Gasteiger partial charge on any atom is 0.105 e. The Morgan fingerprint density at radius 3 is 2.80 bits per heavy atom. The summed E-state index contributed by atoms with van der Waals surface area (Å²) in [7, 11) is 2.15. The Kier molecular flexibility index (Phi) is 4.20. The second kappa shape index (κ2) is 6.08. The van der Waals surface area contributed by atoms with Gasteiger partial charge in [-0.05, 0) is 36.2 Å². The number of ether oxygens (including phenoxy) is 1. The standard InChI is InChI=1S/C17H21NOS/c1-3-18(2)11-16-17-14(9-10-20-17)15(12-19-16)13-7-5-4-6-8-13/h4-10,15-16H,3,11-12H2,1-2H3/t15-,16+/m1/s1. The van der Waals surface area contributed by atoms with E-state index in [1.165, 1.54) is 16.0 Å². The number of rotatable bonds is 4. The number of likely N-dealkylation sites (N-methyl/N-ethyl adjacent to an activating group) is 1. The summed E-state index contributed by atoms with van der Waals surface area (Å²) in [4.78, 5) is 3.72. The van der Waals surface area contributed by atoms with Gasteiger partial charge in [0, 0.05) is 17.3 Å². The third kappa shape index (κ3) is 2.66. The molecule has 106 valence electrons. The number of nitrogens with zero attached hydrogens (tertiary/aromatic N) is 1. The van der Waals surface area contributed by atoms with Crippen LogP contribution in [0.25, 0.3) is 0 Å². The summed E-state index contributed by atoms with van der Waals surface area (Å²) >= 11 is 1.83. The number of thiophene rings is 1. The fraction of sp³-hybridized carbons (Fsp3) is 0.412. The van der Waals surface area contributed by atoms with E-state index in [2.05, 4.69) is 60.6 Å². The Balaban J connectivity index is 1.87. The number of benzene rings is 1. The Hall–Kier alpha value is -1.16. The molecule has 0 fully saturated rings. The van der Waals surface area contributed by atoms with Crippen LogP contribution in [0.15, 0.2) is 41.8 Å². The van der Waals surface area contributed by atoms with Gasteiger partial charge in [0.25, 0.3) is 0 Å². The maximum absolute atomic E-state index is 6.17. The molecule has 0 aliphatic carbocycles. The Morgan fingerprint density at radius 2 is 2.05 bits per heavy atom. The zero-order chi connectivity index (χ0) is 13.9. The molecule has 20 heavy (non-hydrogen) atoms. The number of hydrogen-bond donors (Lipinski definition) is 0. The first kappa shape index (κ1) is 13.8. The zero-order valence-corrected chi connectivity index (χ0v) is 12.9. The van der Waals surface area contributed by atoms with Crippen molar-refractivity contribution in [2.75, 3.05) is 26.7 Å². The molecule has 0 saturated carbocycles. The van der Waals surface area contributed by atoms with E-state index < -0.39 is 0 Å². The van der Waals surface area contributed by atoms with Crippen LogP contribution >= 0.6 is 11.3 Å². The lowest BCUT2D eigenvalue weighted by molar-refractivity contribution is 0.0175. The fourth-order valence-corrected chi connectivity index (χ4v) is 3.77. The van der Waals surface area contributed by atoms with E-state index in [4.69, 9.17) is 4.74 Å². The molecule has 0 unspecified atom stereocenters. The van der Waals surface area contributed by atoms with Gasteiger partial charge in [0.2, 0.25) is 0 Å². The fourth-order valence-electron chi connectivity index (χ4n) is 2.77. The largest absolute Gasteiger partial charge is 0.370 e. The average molecular weight is 287 g/mol. The first-order valence-electron chi connectivity index (χ1n) is 7.22. The van der Waals surface area contributed by atoms with Gasteiger partial charge in [0.05, 0.1) is 6.61 Å². The van der Waals surface area contributed by atoms with Crippen LogP contribution in [-0.2, 0) is 4.74 Å². The van der Waals surface area contributed by atoms with Crippen molar-refractivity contribution in [3.63, 3.8) is 0 Å². The molecule has 0 N–H and O–H groups in total. The Bertz CT molecular complexity index is 551. The number of fused-ring (bicyclic) bond motifs is 1. The molecule has 0 saturated heterocycles. The molecule has 0 amide bonds. The normalized spacial score (nSPS) is 21.9. The third-order valence-corrected chi connectivity index (χ3v) is 5.10. The molecular weight excluding hydrogens is 266 g/mol. The van der Waals surface area contributed by atoms with E-state index in [1.807, 2.05) is 11.3 Å². The van der Waals surface area contributed by atoms with Crippen LogP contribution in [0.4, 0.5) is 0 Å². The van der Waals surface area contributed by atoms with Crippen LogP contribution in [0.5, 0.6) is 0 Å². The summed E-state index contributed by atoms with van der Waals surface area (Å²) in [6.45, 7) is 5.01. The Morgan fingerprint density at radius 1 is 1.25 bits per heavy atom. The van der Waals surface area contributed by atoms with Crippen molar-refractivity contribution in [3.05, 3.63) is 57.8 Å². The Labute approximate surface area is 125 Å². The van der Waals surface area contributed by atoms with E-state index in [9.17, 15) is 0 Å². The molecule has 1 aliphatic rings. The smallest absolute Gasteiger partial charge is 0.105 e. The van der Waals surface area contributed by atoms with Crippen molar-refractivity contribution in [1.82, 2.24) is 4.90 Å². The van der Waals surface area contributed by atoms with Gasteiger partial charge in [-0.15, -0.1) is 11.3 Å². The lowest BCUT2D eigenvalue weighted by Crippen LogP contribution is -2.30. The quantitative estimate of drug-likeness (QED) is 0.845. The van der Waals surface area contributed by atoms with Crippen LogP contribution in [0.3, 0.4) is 0 Å². The van der Waals surface area contributed by atoms with Crippen LogP contribution in [-0.4, -0.2) is 31.6 Å². The van der Waals surface area contributed by atoms with Gasteiger partial charge < -0.3 is 9.64 Å². The van der Waals surface area contributed by atoms with Gasteiger partial charge in [-0.25, -0.2) is 0 Å². The predicted molar refractivity (Wildman–Crippen MR) is 84.5 cm³/mol. The molecule has 0 radical (unpaired) electrons. The molecule has 0 spiro atoms. The molecule has 2 aromatic rings. The molecule has 1 aliphatic heterocycles. The topological polar surface area (TPSA) is 12.5 Å². The predicted octanol–water partition coefficient (Wildman–Crippen LogP) is 3.90. The molecule has 3 heteroatoms. The van der Waals surface area contributed by atoms with Gasteiger partial charge in [0.1, 0.15) is 6.10 Å². The lowest BCUT2D eigenvalue weighted by atomic mass is 9.89. The van der Waals surface area contributed by atoms with Crippen molar-refractivity contribution in [2.45, 2.75) is 18.9 Å². The molecular formula is C17H21NOS. The van der Waals surface area contributed by atoms with Crippen molar-refractivity contribution < 1.29 is 4.74 Å². The summed E-state index contributed by atoms with van der Waals surface area (Å²) < 4.78 is 6.17. The van der Waals surface area contributed by atoms with Gasteiger partial charge in [-0.1, -0.05) is 37.3 Å². The first-order valence-corrected chi connectivity index (χ1v) is 8.10. The molecule has 2 heterocycles. The van der Waals surface area contributed by atoms with Gasteiger partial charge in [-0.3, -0.25) is 0 Å². The van der Waals surface area contributed by atoms with Crippen LogP contribution in [0.1, 0.15) is 34.9 Å². The number of hydrogen-bond acceptors (Lipinski definition) is 3. The molecule has 3 rings (SSSR count). The van der Waals surface area contributed by atoms with Crippen molar-refractivity contribution in [1.29, 1.82) is 0 Å². The van der Waals surface area contributed by atoms with E-state index in [-0.39, 0.29) is 6.10 Å². The summed E-state index contributed by atoms with van der Waals surface area (Å²) in [6, 6.07) is 13.0. The zero-order valence-electron chi connectivity index (χ0n) is 12.1. The average Bonchev–Trinajstić information content (AvgIpc) is 2.98. The minimum absolute atomic E-state index is 0.231. The highest BCUT2D eigenvalue weighted by atomic mass is 32.1. The van der Waals surface area contributed by atoms with Gasteiger partial charge in [-0.2, -0.15) is 0 Å². The van der Waals surface area contributed by atoms with Crippen molar-refractivity contribution in [2.24, 2.45) is 0 Å². The van der Waals surface area contributed by atoms with E-state index in [1.54, 1.807) is 0 Å². The van der Waals surface area contributed by atoms with Crippen molar-refractivity contribution >= 4 is 11.3 Å². The summed E-state index contributed by atoms with van der Waals surface area (Å²) in [5, 5.41) is 2.20. The van der Waals surface area contributed by atoms with E-state index in [0.717, 1.165) is 19.7 Å². The van der Waals surface area contributed by atoms with E-state index in [0.29, 0.717) is 5.92 Å². The first-order chi connectivity index (χ1) is 9.79. The summed E-state index contributed by atoms with van der Waals surface area (Å²) in [5.41, 5.74) is 2.82. The molecule has 1 aromatic carbocycles. The minimum Gasteiger partial charge on any atom is -0.370 e. The maximum atomic E-state index is 6.17. The summed E-state index contributed by atoms with van der Waals surface area (Å²) in [5.74, 6) is 0.389.